The topological polar surface area (TPSA) is 64.6 Å². The molecule has 0 aliphatic heterocycles. The molecule has 8 heteroatoms. The molecular formula is C19H18F3NO4. The van der Waals surface area contributed by atoms with E-state index in [1.807, 2.05) is 32.0 Å². The van der Waals surface area contributed by atoms with E-state index in [0.29, 0.717) is 5.69 Å². The molecule has 0 spiro atoms. The van der Waals surface area contributed by atoms with Crippen LogP contribution in [0.3, 0.4) is 0 Å². The summed E-state index contributed by atoms with van der Waals surface area (Å²) in [5.41, 5.74) is 2.52. The first-order valence-corrected chi connectivity index (χ1v) is 8.11. The third kappa shape index (κ3) is 6.02. The average Bonchev–Trinajstić information content (AvgIpc) is 2.60. The zero-order chi connectivity index (χ0) is 20.0. The van der Waals surface area contributed by atoms with Gasteiger partial charge in [0.15, 0.2) is 6.61 Å². The molecule has 2 aromatic rings. The number of amides is 1. The molecule has 0 saturated heterocycles. The number of halogens is 3. The molecule has 0 saturated carbocycles. The Morgan fingerprint density at radius 1 is 1.07 bits per heavy atom. The van der Waals surface area contributed by atoms with Crippen molar-refractivity contribution in [2.45, 2.75) is 26.6 Å². The van der Waals surface area contributed by atoms with Crippen LogP contribution in [-0.2, 0) is 16.0 Å². The Morgan fingerprint density at radius 3 is 2.33 bits per heavy atom. The number of nitrogens with one attached hydrogen (secondary N) is 1. The number of rotatable bonds is 6. The van der Waals surface area contributed by atoms with E-state index in [1.165, 1.54) is 0 Å². The van der Waals surface area contributed by atoms with Crippen LogP contribution in [0.5, 0.6) is 5.75 Å². The molecule has 1 N–H and O–H groups in total. The molecule has 0 radical (unpaired) electrons. The van der Waals surface area contributed by atoms with Crippen LogP contribution >= 0.6 is 0 Å². The van der Waals surface area contributed by atoms with Crippen LogP contribution < -0.4 is 10.1 Å². The van der Waals surface area contributed by atoms with Gasteiger partial charge in [-0.1, -0.05) is 25.1 Å². The molecule has 0 aromatic heterocycles. The van der Waals surface area contributed by atoms with Gasteiger partial charge in [0.05, 0.1) is 5.56 Å². The fourth-order valence-electron chi connectivity index (χ4n) is 2.38. The van der Waals surface area contributed by atoms with Gasteiger partial charge in [0, 0.05) is 5.69 Å². The van der Waals surface area contributed by atoms with Gasteiger partial charge < -0.3 is 14.8 Å². The number of para-hydroxylation sites is 1. The van der Waals surface area contributed by atoms with Gasteiger partial charge in [-0.15, -0.1) is 13.2 Å². The van der Waals surface area contributed by atoms with Crippen LogP contribution in [0, 0.1) is 6.92 Å². The monoisotopic (exact) mass is 381 g/mol. The first-order valence-electron chi connectivity index (χ1n) is 8.11. The lowest BCUT2D eigenvalue weighted by Gasteiger charge is -2.13. The van der Waals surface area contributed by atoms with Crippen molar-refractivity contribution >= 4 is 17.6 Å². The minimum atomic E-state index is -4.81. The number of carbonyl (C=O) groups excluding carboxylic acids is 2. The minimum Gasteiger partial charge on any atom is -0.452 e. The van der Waals surface area contributed by atoms with E-state index in [0.717, 1.165) is 41.8 Å². The van der Waals surface area contributed by atoms with E-state index in [4.69, 9.17) is 4.74 Å². The van der Waals surface area contributed by atoms with Crippen molar-refractivity contribution in [3.8, 4) is 5.75 Å². The van der Waals surface area contributed by atoms with Crippen LogP contribution in [0.1, 0.15) is 28.4 Å². The molecule has 0 unspecified atom stereocenters. The number of carbonyl (C=O) groups is 2. The molecule has 0 heterocycles. The summed E-state index contributed by atoms with van der Waals surface area (Å²) in [5.74, 6) is -1.79. The van der Waals surface area contributed by atoms with Gasteiger partial charge in [0.2, 0.25) is 0 Å². The normalized spacial score (nSPS) is 11.0. The van der Waals surface area contributed by atoms with E-state index in [2.05, 4.69) is 10.1 Å². The number of benzene rings is 2. The van der Waals surface area contributed by atoms with Crippen LogP contribution in [0.25, 0.3) is 0 Å². The Bertz CT molecular complexity index is 817. The molecule has 0 bridgehead atoms. The lowest BCUT2D eigenvalue weighted by atomic mass is 10.1. The summed E-state index contributed by atoms with van der Waals surface area (Å²) >= 11 is 0. The zero-order valence-corrected chi connectivity index (χ0v) is 14.7. The van der Waals surface area contributed by atoms with Gasteiger partial charge in [0.25, 0.3) is 5.91 Å². The summed E-state index contributed by atoms with van der Waals surface area (Å²) in [6, 6.07) is 9.85. The quantitative estimate of drug-likeness (QED) is 0.760. The predicted molar refractivity (Wildman–Crippen MR) is 92.6 cm³/mol. The maximum absolute atomic E-state index is 12.1. The number of ether oxygens (including phenoxy) is 2. The number of anilines is 1. The van der Waals surface area contributed by atoms with Gasteiger partial charge in [-0.25, -0.2) is 4.79 Å². The first kappa shape index (κ1) is 20.3. The van der Waals surface area contributed by atoms with E-state index in [1.54, 1.807) is 0 Å². The molecule has 0 fully saturated rings. The molecule has 0 aliphatic carbocycles. The SMILES string of the molecule is CCc1cccc(C)c1NC(=O)COC(=O)c1ccc(OC(F)(F)F)cc1. The highest BCUT2D eigenvalue weighted by Crippen LogP contribution is 2.23. The molecule has 1 amide bonds. The molecule has 5 nitrogen and oxygen atoms in total. The predicted octanol–water partition coefficient (Wildman–Crippen LogP) is 4.25. The van der Waals surface area contributed by atoms with Crippen molar-refractivity contribution in [2.75, 3.05) is 11.9 Å². The Balaban J connectivity index is 1.93. The smallest absolute Gasteiger partial charge is 0.452 e. The van der Waals surface area contributed by atoms with Crippen LogP contribution in [0.15, 0.2) is 42.5 Å². The number of hydrogen-bond acceptors (Lipinski definition) is 4. The van der Waals surface area contributed by atoms with Crippen LogP contribution in [0.4, 0.5) is 18.9 Å². The van der Waals surface area contributed by atoms with Crippen molar-refractivity contribution in [3.05, 3.63) is 59.2 Å². The minimum absolute atomic E-state index is 0.00228. The maximum atomic E-state index is 12.1. The number of esters is 1. The first-order chi connectivity index (χ1) is 12.7. The summed E-state index contributed by atoms with van der Waals surface area (Å²) < 4.78 is 45.0. The third-order valence-corrected chi connectivity index (χ3v) is 3.66. The largest absolute Gasteiger partial charge is 0.573 e. The van der Waals surface area contributed by atoms with Gasteiger partial charge in [-0.3, -0.25) is 4.79 Å². The van der Waals surface area contributed by atoms with Crippen LogP contribution in [-0.4, -0.2) is 24.8 Å². The highest BCUT2D eigenvalue weighted by molar-refractivity contribution is 5.96. The average molecular weight is 381 g/mol. The third-order valence-electron chi connectivity index (χ3n) is 3.66. The van der Waals surface area contributed by atoms with E-state index in [9.17, 15) is 22.8 Å². The Kier molecular flexibility index (Phi) is 6.44. The zero-order valence-electron chi connectivity index (χ0n) is 14.7. The number of aryl methyl sites for hydroxylation is 2. The summed E-state index contributed by atoms with van der Waals surface area (Å²) in [6.07, 6.45) is -4.09. The van der Waals surface area contributed by atoms with Gasteiger partial charge in [-0.2, -0.15) is 0 Å². The summed E-state index contributed by atoms with van der Waals surface area (Å²) in [6.45, 7) is 3.29. The highest BCUT2D eigenvalue weighted by atomic mass is 19.4. The van der Waals surface area contributed by atoms with Crippen LogP contribution in [0.2, 0.25) is 0 Å². The Labute approximate surface area is 154 Å². The molecule has 144 valence electrons. The van der Waals surface area contributed by atoms with Crippen molar-refractivity contribution < 1.29 is 32.2 Å². The van der Waals surface area contributed by atoms with Crippen molar-refractivity contribution in [2.24, 2.45) is 0 Å². The molecule has 2 rings (SSSR count). The fourth-order valence-corrected chi connectivity index (χ4v) is 2.38. The Hall–Kier alpha value is -3.03. The molecule has 2 aromatic carbocycles. The lowest BCUT2D eigenvalue weighted by molar-refractivity contribution is -0.274. The molecule has 0 atom stereocenters. The second-order valence-corrected chi connectivity index (χ2v) is 5.66. The van der Waals surface area contributed by atoms with E-state index in [-0.39, 0.29) is 5.56 Å². The second-order valence-electron chi connectivity index (χ2n) is 5.66. The van der Waals surface area contributed by atoms with E-state index < -0.39 is 30.6 Å². The van der Waals surface area contributed by atoms with Crippen molar-refractivity contribution in [1.82, 2.24) is 0 Å². The molecule has 27 heavy (non-hydrogen) atoms. The highest BCUT2D eigenvalue weighted by Gasteiger charge is 2.31. The van der Waals surface area contributed by atoms with E-state index >= 15 is 0 Å². The van der Waals surface area contributed by atoms with Crippen molar-refractivity contribution in [1.29, 1.82) is 0 Å². The maximum Gasteiger partial charge on any atom is 0.573 e. The van der Waals surface area contributed by atoms with Crippen molar-refractivity contribution in [3.63, 3.8) is 0 Å². The number of alkyl halides is 3. The van der Waals surface area contributed by atoms with Gasteiger partial charge >= 0.3 is 12.3 Å². The summed E-state index contributed by atoms with van der Waals surface area (Å²) in [5, 5.41) is 2.71. The summed E-state index contributed by atoms with van der Waals surface area (Å²) in [7, 11) is 0. The Morgan fingerprint density at radius 2 is 1.74 bits per heavy atom. The lowest BCUT2D eigenvalue weighted by Crippen LogP contribution is -2.22. The standard InChI is InChI=1S/C19H18F3NO4/c1-3-13-6-4-5-12(2)17(13)23-16(24)11-26-18(25)14-7-9-15(10-8-14)27-19(20,21)22/h4-10H,3,11H2,1-2H3,(H,23,24). The molecule has 0 aliphatic rings. The van der Waals surface area contributed by atoms with Gasteiger partial charge in [0.1, 0.15) is 5.75 Å². The second kappa shape index (κ2) is 8.57. The van der Waals surface area contributed by atoms with Gasteiger partial charge in [-0.05, 0) is 48.7 Å². The summed E-state index contributed by atoms with van der Waals surface area (Å²) in [4.78, 5) is 24.0. The molecular weight excluding hydrogens is 363 g/mol. The number of hydrogen-bond donors (Lipinski definition) is 1. The fraction of sp³-hybridized carbons (Fsp3) is 0.263.